The molecule has 0 bridgehead atoms. The van der Waals surface area contributed by atoms with Crippen molar-refractivity contribution < 1.29 is 18.3 Å². The molecule has 0 aliphatic carbocycles. The summed E-state index contributed by atoms with van der Waals surface area (Å²) in [6.07, 6.45) is 3.91. The van der Waals surface area contributed by atoms with E-state index in [0.717, 1.165) is 25.9 Å². The summed E-state index contributed by atoms with van der Waals surface area (Å²) < 4.78 is 35.9. The SMILES string of the molecule is CC(C)n1ncc(Cl)c1-c1cc(F)ccc1Oc1nncnc1N1CC2(CCN(C(=O)[C@@H]3C[C@@H](F)CN3)CC2)C1. The Bertz CT molecular complexity index is 1400. The summed E-state index contributed by atoms with van der Waals surface area (Å²) in [7, 11) is 0. The minimum atomic E-state index is -0.955. The lowest BCUT2D eigenvalue weighted by atomic mass is 9.72. The Hall–Kier alpha value is -3.38. The molecule has 0 saturated carbocycles. The van der Waals surface area contributed by atoms with Crippen LogP contribution in [0.5, 0.6) is 11.6 Å². The second-order valence-corrected chi connectivity index (χ2v) is 11.6. The summed E-state index contributed by atoms with van der Waals surface area (Å²) in [5.41, 5.74) is 1.05. The Morgan fingerprint density at radius 3 is 2.73 bits per heavy atom. The molecular weight excluding hydrogens is 542 g/mol. The van der Waals surface area contributed by atoms with Crippen LogP contribution in [-0.2, 0) is 4.79 Å². The molecule has 212 valence electrons. The molecule has 0 radical (unpaired) electrons. The van der Waals surface area contributed by atoms with Gasteiger partial charge in [-0.2, -0.15) is 5.10 Å². The largest absolute Gasteiger partial charge is 0.434 e. The molecule has 2 aromatic heterocycles. The number of rotatable bonds is 6. The van der Waals surface area contributed by atoms with Gasteiger partial charge in [0.1, 0.15) is 24.1 Å². The summed E-state index contributed by atoms with van der Waals surface area (Å²) in [5, 5.41) is 15.8. The van der Waals surface area contributed by atoms with Gasteiger partial charge in [-0.05, 0) is 44.9 Å². The average molecular weight is 573 g/mol. The third-order valence-electron chi connectivity index (χ3n) is 8.08. The number of amides is 1. The van der Waals surface area contributed by atoms with Crippen LogP contribution in [-0.4, -0.2) is 80.7 Å². The fourth-order valence-corrected chi connectivity index (χ4v) is 6.17. The van der Waals surface area contributed by atoms with Crippen LogP contribution in [0.3, 0.4) is 0 Å². The van der Waals surface area contributed by atoms with Gasteiger partial charge in [0.2, 0.25) is 5.91 Å². The fraction of sp³-hybridized carbons (Fsp3) is 0.519. The zero-order valence-electron chi connectivity index (χ0n) is 22.4. The van der Waals surface area contributed by atoms with Crippen molar-refractivity contribution in [1.82, 2.24) is 35.2 Å². The number of halogens is 3. The number of aromatic nitrogens is 5. The van der Waals surface area contributed by atoms with Gasteiger partial charge in [-0.3, -0.25) is 9.48 Å². The second kappa shape index (κ2) is 10.5. The number of nitrogens with one attached hydrogen (secondary N) is 1. The van der Waals surface area contributed by atoms with Gasteiger partial charge in [-0.25, -0.2) is 13.8 Å². The predicted octanol–water partition coefficient (Wildman–Crippen LogP) is 4.03. The quantitative estimate of drug-likeness (QED) is 0.472. The third kappa shape index (κ3) is 4.98. The van der Waals surface area contributed by atoms with Gasteiger partial charge < -0.3 is 19.9 Å². The van der Waals surface area contributed by atoms with Gasteiger partial charge in [-0.1, -0.05) is 11.6 Å². The predicted molar refractivity (Wildman–Crippen MR) is 145 cm³/mol. The summed E-state index contributed by atoms with van der Waals surface area (Å²) in [6.45, 7) is 6.94. The van der Waals surface area contributed by atoms with Crippen LogP contribution >= 0.6 is 11.6 Å². The van der Waals surface area contributed by atoms with Crippen molar-refractivity contribution in [2.24, 2.45) is 5.41 Å². The Morgan fingerprint density at radius 1 is 1.25 bits per heavy atom. The Balaban J connectivity index is 1.17. The molecular formula is C27H31ClF2N8O2. The molecule has 13 heteroatoms. The number of likely N-dealkylation sites (tertiary alicyclic amines) is 1. The first-order valence-electron chi connectivity index (χ1n) is 13.5. The maximum Gasteiger partial charge on any atom is 0.282 e. The van der Waals surface area contributed by atoms with E-state index in [1.807, 2.05) is 18.7 Å². The standard InChI is InChI=1S/C27H31ClF2N8O2/c1-16(2)38-23(20(28)12-34-38)19-9-17(29)3-4-22(19)40-25-24(32-15-33-35-25)37-13-27(14-37)5-7-36(8-6-27)26(39)21-10-18(30)11-31-21/h3-4,9,12,15-16,18,21,31H,5-8,10-11,13-14H2,1-2H3/t18-,21+/m1/s1. The van der Waals surface area contributed by atoms with E-state index in [1.165, 1.54) is 30.7 Å². The molecule has 3 aromatic rings. The third-order valence-corrected chi connectivity index (χ3v) is 8.35. The Morgan fingerprint density at radius 2 is 2.02 bits per heavy atom. The van der Waals surface area contributed by atoms with Gasteiger partial charge in [0.05, 0.1) is 23.0 Å². The van der Waals surface area contributed by atoms with Crippen molar-refractivity contribution in [3.8, 4) is 22.9 Å². The highest BCUT2D eigenvalue weighted by Crippen LogP contribution is 2.45. The topological polar surface area (TPSA) is 101 Å². The van der Waals surface area contributed by atoms with E-state index in [0.29, 0.717) is 40.9 Å². The molecule has 3 fully saturated rings. The second-order valence-electron chi connectivity index (χ2n) is 11.2. The van der Waals surface area contributed by atoms with Gasteiger partial charge in [0.15, 0.2) is 5.82 Å². The smallest absolute Gasteiger partial charge is 0.282 e. The van der Waals surface area contributed by atoms with Crippen molar-refractivity contribution in [3.63, 3.8) is 0 Å². The number of hydrogen-bond acceptors (Lipinski definition) is 8. The monoisotopic (exact) mass is 572 g/mol. The molecule has 40 heavy (non-hydrogen) atoms. The first kappa shape index (κ1) is 26.8. The molecule has 1 N–H and O–H groups in total. The normalized spacial score (nSPS) is 22.1. The summed E-state index contributed by atoms with van der Waals surface area (Å²) in [5.74, 6) is 0.665. The van der Waals surface area contributed by atoms with Crippen molar-refractivity contribution in [1.29, 1.82) is 0 Å². The molecule has 10 nitrogen and oxygen atoms in total. The number of carbonyl (C=O) groups is 1. The summed E-state index contributed by atoms with van der Waals surface area (Å²) in [6, 6.07) is 3.78. The number of nitrogens with zero attached hydrogens (tertiary/aromatic N) is 7. The molecule has 0 unspecified atom stereocenters. The van der Waals surface area contributed by atoms with Crippen molar-refractivity contribution in [2.45, 2.75) is 51.4 Å². The van der Waals surface area contributed by atoms with Gasteiger partial charge in [-0.15, -0.1) is 10.2 Å². The first-order chi connectivity index (χ1) is 19.2. The van der Waals surface area contributed by atoms with E-state index in [-0.39, 0.29) is 36.2 Å². The number of hydrogen-bond donors (Lipinski definition) is 1. The fourth-order valence-electron chi connectivity index (χ4n) is 5.94. The zero-order chi connectivity index (χ0) is 28.0. The van der Waals surface area contributed by atoms with Gasteiger partial charge >= 0.3 is 0 Å². The molecule has 1 aromatic carbocycles. The van der Waals surface area contributed by atoms with Crippen molar-refractivity contribution in [2.75, 3.05) is 37.6 Å². The van der Waals surface area contributed by atoms with E-state index in [9.17, 15) is 13.6 Å². The number of ether oxygens (including phenoxy) is 1. The number of alkyl halides is 1. The Kier molecular flexibility index (Phi) is 7.07. The van der Waals surface area contributed by atoms with Crippen LogP contribution < -0.4 is 15.0 Å². The van der Waals surface area contributed by atoms with Crippen LogP contribution in [0.1, 0.15) is 39.2 Å². The number of anilines is 1. The van der Waals surface area contributed by atoms with Crippen LogP contribution in [0.15, 0.2) is 30.7 Å². The van der Waals surface area contributed by atoms with Gasteiger partial charge in [0.25, 0.3) is 5.88 Å². The zero-order valence-corrected chi connectivity index (χ0v) is 23.1. The van der Waals surface area contributed by atoms with Crippen molar-refractivity contribution >= 4 is 23.3 Å². The van der Waals surface area contributed by atoms with E-state index in [1.54, 1.807) is 4.68 Å². The highest BCUT2D eigenvalue weighted by atomic mass is 35.5. The van der Waals surface area contributed by atoms with Crippen molar-refractivity contribution in [3.05, 3.63) is 41.6 Å². The highest BCUT2D eigenvalue weighted by molar-refractivity contribution is 6.33. The molecule has 2 atom stereocenters. The first-order valence-corrected chi connectivity index (χ1v) is 13.9. The minimum absolute atomic E-state index is 0.00381. The van der Waals surface area contributed by atoms with Crippen LogP contribution in [0.25, 0.3) is 11.3 Å². The molecule has 5 heterocycles. The maximum atomic E-state index is 14.4. The lowest BCUT2D eigenvalue weighted by Gasteiger charge is -2.54. The minimum Gasteiger partial charge on any atom is -0.434 e. The number of piperidine rings is 1. The molecule has 1 amide bonds. The summed E-state index contributed by atoms with van der Waals surface area (Å²) >= 11 is 6.47. The summed E-state index contributed by atoms with van der Waals surface area (Å²) in [4.78, 5) is 21.2. The Labute approximate surface area is 235 Å². The van der Waals surface area contributed by atoms with E-state index in [4.69, 9.17) is 16.3 Å². The van der Waals surface area contributed by atoms with E-state index in [2.05, 4.69) is 30.5 Å². The maximum absolute atomic E-state index is 14.4. The van der Waals surface area contributed by atoms with Crippen LogP contribution in [0.2, 0.25) is 5.02 Å². The lowest BCUT2D eigenvalue weighted by Crippen LogP contribution is -2.62. The average Bonchev–Trinajstić information content (AvgIpc) is 3.54. The molecule has 3 aliphatic rings. The number of carbonyl (C=O) groups excluding carboxylic acids is 1. The van der Waals surface area contributed by atoms with E-state index < -0.39 is 18.0 Å². The molecule has 3 saturated heterocycles. The molecule has 6 rings (SSSR count). The van der Waals surface area contributed by atoms with Gasteiger partial charge in [0, 0.05) is 56.2 Å². The van der Waals surface area contributed by atoms with Crippen LogP contribution in [0.4, 0.5) is 14.6 Å². The highest BCUT2D eigenvalue weighted by Gasteiger charge is 2.47. The van der Waals surface area contributed by atoms with E-state index >= 15 is 0 Å². The number of benzene rings is 1. The molecule has 3 aliphatic heterocycles. The lowest BCUT2D eigenvalue weighted by molar-refractivity contribution is -0.135. The van der Waals surface area contributed by atoms with Crippen LogP contribution in [0, 0.1) is 11.2 Å². The molecule has 1 spiro atoms.